The van der Waals surface area contributed by atoms with Crippen LogP contribution in [0.3, 0.4) is 0 Å². The van der Waals surface area contributed by atoms with Gasteiger partial charge in [-0.3, -0.25) is 0 Å². The van der Waals surface area contributed by atoms with Crippen LogP contribution in [-0.2, 0) is 0 Å². The largest absolute Gasteiger partial charge is 0.313 e. The summed E-state index contributed by atoms with van der Waals surface area (Å²) in [6.07, 6.45) is 8.48. The first-order valence-corrected chi connectivity index (χ1v) is 7.57. The summed E-state index contributed by atoms with van der Waals surface area (Å²) in [7, 11) is 2.24. The molecule has 0 radical (unpaired) electrons. The highest BCUT2D eigenvalue weighted by atomic mass is 15.1. The molecule has 1 saturated carbocycles. The molecular formula is C15H30N2. The van der Waals surface area contributed by atoms with Crippen LogP contribution >= 0.6 is 0 Å². The van der Waals surface area contributed by atoms with Crippen molar-refractivity contribution in [2.45, 2.75) is 58.4 Å². The van der Waals surface area contributed by atoms with E-state index in [-0.39, 0.29) is 0 Å². The Hall–Kier alpha value is -0.0800. The fourth-order valence-electron chi connectivity index (χ4n) is 3.29. The summed E-state index contributed by atoms with van der Waals surface area (Å²) in [4.78, 5) is 2.46. The van der Waals surface area contributed by atoms with E-state index in [1.54, 1.807) is 0 Å². The van der Waals surface area contributed by atoms with Gasteiger partial charge in [0.1, 0.15) is 0 Å². The molecule has 1 saturated heterocycles. The first-order chi connectivity index (χ1) is 8.15. The van der Waals surface area contributed by atoms with Crippen LogP contribution in [0.1, 0.15) is 52.4 Å². The second-order valence-corrected chi connectivity index (χ2v) is 6.56. The fraction of sp³-hybridized carbons (Fsp3) is 1.00. The van der Waals surface area contributed by atoms with Crippen LogP contribution in [0.2, 0.25) is 0 Å². The highest BCUT2D eigenvalue weighted by Crippen LogP contribution is 2.49. The van der Waals surface area contributed by atoms with E-state index in [0.29, 0.717) is 5.41 Å². The zero-order valence-corrected chi connectivity index (χ0v) is 12.0. The van der Waals surface area contributed by atoms with Crippen LogP contribution < -0.4 is 5.32 Å². The van der Waals surface area contributed by atoms with Gasteiger partial charge in [-0.15, -0.1) is 0 Å². The van der Waals surface area contributed by atoms with Crippen molar-refractivity contribution in [1.29, 1.82) is 0 Å². The van der Waals surface area contributed by atoms with Crippen LogP contribution in [-0.4, -0.2) is 37.6 Å². The number of nitrogens with one attached hydrogen (secondary N) is 1. The third kappa shape index (κ3) is 3.69. The number of hydrogen-bond donors (Lipinski definition) is 1. The number of hydrogen-bond acceptors (Lipinski definition) is 2. The summed E-state index contributed by atoms with van der Waals surface area (Å²) >= 11 is 0. The molecule has 2 aliphatic rings. The molecule has 0 spiro atoms. The molecule has 17 heavy (non-hydrogen) atoms. The molecular weight excluding hydrogens is 208 g/mol. The maximum Gasteiger partial charge on any atom is 0.00681 e. The second kappa shape index (κ2) is 5.71. The molecule has 1 N–H and O–H groups in total. The molecule has 0 aromatic heterocycles. The minimum Gasteiger partial charge on any atom is -0.313 e. The summed E-state index contributed by atoms with van der Waals surface area (Å²) in [5.41, 5.74) is 0.703. The van der Waals surface area contributed by atoms with Gasteiger partial charge in [-0.2, -0.15) is 0 Å². The van der Waals surface area contributed by atoms with E-state index in [0.717, 1.165) is 12.0 Å². The molecule has 1 heterocycles. The minimum atomic E-state index is 0.703. The molecule has 100 valence electrons. The Kier molecular flexibility index (Phi) is 4.48. The van der Waals surface area contributed by atoms with E-state index in [1.165, 1.54) is 58.2 Å². The van der Waals surface area contributed by atoms with Gasteiger partial charge in [0.25, 0.3) is 0 Å². The SMILES string of the molecule is CCCC1(CNC(C)C2CCN(C)CC2)CC1. The summed E-state index contributed by atoms with van der Waals surface area (Å²) < 4.78 is 0. The highest BCUT2D eigenvalue weighted by molar-refractivity contribution is 4.95. The zero-order chi connectivity index (χ0) is 12.3. The molecule has 0 aromatic rings. The molecule has 0 aromatic carbocycles. The van der Waals surface area contributed by atoms with Crippen LogP contribution in [0.25, 0.3) is 0 Å². The molecule has 2 fully saturated rings. The number of nitrogens with zero attached hydrogens (tertiary/aromatic N) is 1. The lowest BCUT2D eigenvalue weighted by Crippen LogP contribution is -2.42. The molecule has 0 bridgehead atoms. The van der Waals surface area contributed by atoms with Gasteiger partial charge in [0, 0.05) is 12.6 Å². The molecule has 0 amide bonds. The quantitative estimate of drug-likeness (QED) is 0.765. The van der Waals surface area contributed by atoms with Crippen LogP contribution in [0, 0.1) is 11.3 Å². The average Bonchev–Trinajstić information content (AvgIpc) is 3.08. The Bertz CT molecular complexity index is 227. The van der Waals surface area contributed by atoms with Crippen molar-refractivity contribution in [3.8, 4) is 0 Å². The van der Waals surface area contributed by atoms with Gasteiger partial charge in [0.2, 0.25) is 0 Å². The minimum absolute atomic E-state index is 0.703. The number of likely N-dealkylation sites (tertiary alicyclic amines) is 1. The van der Waals surface area contributed by atoms with E-state index < -0.39 is 0 Å². The monoisotopic (exact) mass is 238 g/mol. The Morgan fingerprint density at radius 2 is 1.94 bits per heavy atom. The lowest BCUT2D eigenvalue weighted by molar-refractivity contribution is 0.185. The molecule has 1 atom stereocenters. The Morgan fingerprint density at radius 3 is 2.47 bits per heavy atom. The van der Waals surface area contributed by atoms with E-state index in [2.05, 4.69) is 31.1 Å². The Morgan fingerprint density at radius 1 is 1.29 bits per heavy atom. The van der Waals surface area contributed by atoms with Gasteiger partial charge in [-0.05, 0) is 70.5 Å². The molecule has 1 aliphatic carbocycles. The summed E-state index contributed by atoms with van der Waals surface area (Å²) in [5.74, 6) is 0.906. The Balaban J connectivity index is 1.68. The number of rotatable bonds is 6. The molecule has 1 unspecified atom stereocenters. The van der Waals surface area contributed by atoms with E-state index in [1.807, 2.05) is 0 Å². The Labute approximate surface area is 107 Å². The standard InChI is InChI=1S/C15H30N2/c1-4-7-15(8-9-15)12-16-13(2)14-5-10-17(3)11-6-14/h13-14,16H,4-12H2,1-3H3. The maximum atomic E-state index is 3.84. The van der Waals surface area contributed by atoms with Crippen molar-refractivity contribution in [2.75, 3.05) is 26.7 Å². The third-order valence-corrected chi connectivity index (χ3v) is 5.01. The van der Waals surface area contributed by atoms with Crippen molar-refractivity contribution in [1.82, 2.24) is 10.2 Å². The van der Waals surface area contributed by atoms with Gasteiger partial charge >= 0.3 is 0 Å². The summed E-state index contributed by atoms with van der Waals surface area (Å²) in [5, 5.41) is 3.84. The van der Waals surface area contributed by atoms with Crippen molar-refractivity contribution < 1.29 is 0 Å². The van der Waals surface area contributed by atoms with Gasteiger partial charge in [-0.25, -0.2) is 0 Å². The van der Waals surface area contributed by atoms with E-state index in [4.69, 9.17) is 0 Å². The molecule has 2 rings (SSSR count). The molecule has 2 heteroatoms. The third-order valence-electron chi connectivity index (χ3n) is 5.01. The molecule has 1 aliphatic heterocycles. The first-order valence-electron chi connectivity index (χ1n) is 7.57. The topological polar surface area (TPSA) is 15.3 Å². The second-order valence-electron chi connectivity index (χ2n) is 6.56. The van der Waals surface area contributed by atoms with Crippen molar-refractivity contribution in [3.05, 3.63) is 0 Å². The van der Waals surface area contributed by atoms with Crippen molar-refractivity contribution in [3.63, 3.8) is 0 Å². The smallest absolute Gasteiger partial charge is 0.00681 e. The number of piperidine rings is 1. The van der Waals surface area contributed by atoms with Crippen LogP contribution in [0.15, 0.2) is 0 Å². The maximum absolute atomic E-state index is 3.84. The van der Waals surface area contributed by atoms with Crippen molar-refractivity contribution in [2.24, 2.45) is 11.3 Å². The average molecular weight is 238 g/mol. The van der Waals surface area contributed by atoms with Crippen LogP contribution in [0.4, 0.5) is 0 Å². The molecule has 2 nitrogen and oxygen atoms in total. The first kappa shape index (κ1) is 13.4. The zero-order valence-electron chi connectivity index (χ0n) is 12.0. The predicted octanol–water partition coefficient (Wildman–Crippen LogP) is 2.89. The lowest BCUT2D eigenvalue weighted by Gasteiger charge is -2.34. The van der Waals surface area contributed by atoms with Gasteiger partial charge in [-0.1, -0.05) is 13.3 Å². The summed E-state index contributed by atoms with van der Waals surface area (Å²) in [6, 6.07) is 0.720. The predicted molar refractivity (Wildman–Crippen MR) is 74.3 cm³/mol. The highest BCUT2D eigenvalue weighted by Gasteiger charge is 2.41. The summed E-state index contributed by atoms with van der Waals surface area (Å²) in [6.45, 7) is 8.57. The van der Waals surface area contributed by atoms with E-state index >= 15 is 0 Å². The van der Waals surface area contributed by atoms with Crippen molar-refractivity contribution >= 4 is 0 Å². The van der Waals surface area contributed by atoms with Gasteiger partial charge in [0.05, 0.1) is 0 Å². The van der Waals surface area contributed by atoms with Gasteiger partial charge < -0.3 is 10.2 Å². The van der Waals surface area contributed by atoms with Gasteiger partial charge in [0.15, 0.2) is 0 Å². The fourth-order valence-corrected chi connectivity index (χ4v) is 3.29. The van der Waals surface area contributed by atoms with E-state index in [9.17, 15) is 0 Å². The normalized spacial score (nSPS) is 27.0. The lowest BCUT2D eigenvalue weighted by atomic mass is 9.90. The van der Waals surface area contributed by atoms with Crippen LogP contribution in [0.5, 0.6) is 0 Å².